The second-order valence-corrected chi connectivity index (χ2v) is 5.67. The minimum atomic E-state index is -0.544. The molecule has 0 radical (unpaired) electrons. The summed E-state index contributed by atoms with van der Waals surface area (Å²) >= 11 is 0. The summed E-state index contributed by atoms with van der Waals surface area (Å²) in [5, 5.41) is 12.6. The Balaban J connectivity index is 2.36. The number of quaternary nitrogens is 1. The lowest BCUT2D eigenvalue weighted by atomic mass is 9.55. The normalized spacial score (nSPS) is 65.1. The van der Waals surface area contributed by atoms with E-state index >= 15 is 0 Å². The average molecular weight is 184 g/mol. The highest BCUT2D eigenvalue weighted by Gasteiger charge is 2.79. The second-order valence-electron chi connectivity index (χ2n) is 5.67. The van der Waals surface area contributed by atoms with Gasteiger partial charge in [-0.25, -0.2) is 0 Å². The van der Waals surface area contributed by atoms with Crippen LogP contribution in [0.1, 0.15) is 47.0 Å². The summed E-state index contributed by atoms with van der Waals surface area (Å²) in [6, 6.07) is 0. The zero-order chi connectivity index (χ0) is 10.1. The molecule has 4 unspecified atom stereocenters. The molecule has 0 aromatic heterocycles. The van der Waals surface area contributed by atoms with Gasteiger partial charge in [0.15, 0.2) is 5.66 Å². The molecule has 2 aliphatic heterocycles. The van der Waals surface area contributed by atoms with Crippen LogP contribution in [0.5, 0.6) is 0 Å². The summed E-state index contributed by atoms with van der Waals surface area (Å²) in [6.07, 6.45) is 2.84. The summed E-state index contributed by atoms with van der Waals surface area (Å²) in [5.41, 5.74) is 5.29. The standard InChI is InChI=1S/C10H20N2O/c1-5-8(2)6-9(3)7-10(4,11)12(8,9)13/h5-7,11H2,1-4H3. The molecule has 0 amide bonds. The summed E-state index contributed by atoms with van der Waals surface area (Å²) in [6.45, 7) is 8.14. The molecular weight excluding hydrogens is 164 g/mol. The Morgan fingerprint density at radius 2 is 1.85 bits per heavy atom. The number of nitrogens with zero attached hydrogens (tertiary/aromatic N) is 1. The number of hydroxylamine groups is 3. The van der Waals surface area contributed by atoms with Gasteiger partial charge in [-0.2, -0.15) is 0 Å². The zero-order valence-electron chi connectivity index (χ0n) is 9.05. The highest BCUT2D eigenvalue weighted by Crippen LogP contribution is 2.67. The molecule has 76 valence electrons. The van der Waals surface area contributed by atoms with E-state index in [9.17, 15) is 5.21 Å². The molecule has 0 spiro atoms. The van der Waals surface area contributed by atoms with Crippen molar-refractivity contribution < 1.29 is 4.65 Å². The average Bonchev–Trinajstić information content (AvgIpc) is 2.01. The maximum atomic E-state index is 12.6. The highest BCUT2D eigenvalue weighted by molar-refractivity contribution is 5.12. The third-order valence-corrected chi connectivity index (χ3v) is 4.50. The van der Waals surface area contributed by atoms with Crippen molar-refractivity contribution in [3.63, 3.8) is 0 Å². The first-order valence-corrected chi connectivity index (χ1v) is 5.12. The van der Waals surface area contributed by atoms with Gasteiger partial charge in [-0.3, -0.25) is 5.73 Å². The molecule has 2 heterocycles. The molecule has 0 aromatic rings. The lowest BCUT2D eigenvalue weighted by Gasteiger charge is -2.86. The number of hydrogen-bond donors (Lipinski definition) is 1. The Morgan fingerprint density at radius 1 is 1.31 bits per heavy atom. The molecule has 2 N–H and O–H groups in total. The first-order valence-electron chi connectivity index (χ1n) is 5.12. The van der Waals surface area contributed by atoms with Crippen LogP contribution in [0.2, 0.25) is 0 Å². The second kappa shape index (κ2) is 1.95. The minimum absolute atomic E-state index is 0.0751. The Hall–Kier alpha value is -0.120. The predicted octanol–water partition coefficient (Wildman–Crippen LogP) is 1.71. The Labute approximate surface area is 80.1 Å². The minimum Gasteiger partial charge on any atom is -0.631 e. The molecule has 4 atom stereocenters. The third-order valence-electron chi connectivity index (χ3n) is 4.50. The quantitative estimate of drug-likeness (QED) is 0.498. The summed E-state index contributed by atoms with van der Waals surface area (Å²) in [4.78, 5) is 0. The molecule has 3 nitrogen and oxygen atoms in total. The fourth-order valence-corrected chi connectivity index (χ4v) is 4.15. The van der Waals surface area contributed by atoms with Gasteiger partial charge in [0.1, 0.15) is 11.1 Å². The molecular formula is C10H20N2O. The van der Waals surface area contributed by atoms with Gasteiger partial charge in [0.25, 0.3) is 0 Å². The summed E-state index contributed by atoms with van der Waals surface area (Å²) < 4.78 is -0.163. The van der Waals surface area contributed by atoms with E-state index in [-0.39, 0.29) is 15.7 Å². The lowest BCUT2D eigenvalue weighted by molar-refractivity contribution is -1.11. The predicted molar refractivity (Wildman–Crippen MR) is 52.6 cm³/mol. The van der Waals surface area contributed by atoms with Crippen LogP contribution in [0.4, 0.5) is 0 Å². The molecule has 0 aliphatic carbocycles. The van der Waals surface area contributed by atoms with E-state index in [1.165, 1.54) is 0 Å². The largest absolute Gasteiger partial charge is 0.631 e. The van der Waals surface area contributed by atoms with Crippen molar-refractivity contribution in [1.82, 2.24) is 0 Å². The molecule has 2 aliphatic rings. The molecule has 2 rings (SSSR count). The number of hydrogen-bond acceptors (Lipinski definition) is 2. The van der Waals surface area contributed by atoms with Crippen LogP contribution in [0.15, 0.2) is 0 Å². The van der Waals surface area contributed by atoms with Crippen LogP contribution in [0, 0.1) is 5.21 Å². The van der Waals surface area contributed by atoms with Crippen LogP contribution in [-0.2, 0) is 0 Å². The van der Waals surface area contributed by atoms with Crippen molar-refractivity contribution in [2.45, 2.75) is 63.7 Å². The van der Waals surface area contributed by atoms with Crippen LogP contribution in [0.3, 0.4) is 0 Å². The first-order chi connectivity index (χ1) is 5.72. The first kappa shape index (κ1) is 9.44. The molecule has 0 bridgehead atoms. The van der Waals surface area contributed by atoms with E-state index in [1.807, 2.05) is 6.92 Å². The SMILES string of the molecule is CCC1(C)CC2(C)CC(C)(N)[N+]12[O-]. The van der Waals surface area contributed by atoms with Crippen molar-refractivity contribution in [2.24, 2.45) is 5.73 Å². The number of fused-ring (bicyclic) bond motifs is 1. The fourth-order valence-electron chi connectivity index (χ4n) is 4.15. The van der Waals surface area contributed by atoms with Gasteiger partial charge in [0.2, 0.25) is 0 Å². The van der Waals surface area contributed by atoms with Crippen LogP contribution < -0.4 is 5.73 Å². The van der Waals surface area contributed by atoms with E-state index in [0.29, 0.717) is 0 Å². The Bertz CT molecular complexity index is 254. The van der Waals surface area contributed by atoms with E-state index < -0.39 is 5.66 Å². The maximum absolute atomic E-state index is 12.6. The van der Waals surface area contributed by atoms with E-state index in [0.717, 1.165) is 19.3 Å². The molecule has 0 saturated carbocycles. The molecule has 13 heavy (non-hydrogen) atoms. The summed E-state index contributed by atoms with van der Waals surface area (Å²) in [7, 11) is 0. The number of rotatable bonds is 1. The van der Waals surface area contributed by atoms with Crippen LogP contribution in [0.25, 0.3) is 0 Å². The van der Waals surface area contributed by atoms with Crippen molar-refractivity contribution in [3.05, 3.63) is 5.21 Å². The smallest absolute Gasteiger partial charge is 0.154 e. The fraction of sp³-hybridized carbons (Fsp3) is 1.00. The summed E-state index contributed by atoms with van der Waals surface area (Å²) in [5.74, 6) is 0. The third kappa shape index (κ3) is 0.661. The van der Waals surface area contributed by atoms with E-state index in [1.54, 1.807) is 0 Å². The van der Waals surface area contributed by atoms with Crippen molar-refractivity contribution in [2.75, 3.05) is 0 Å². The van der Waals surface area contributed by atoms with Gasteiger partial charge < -0.3 is 9.85 Å². The molecule has 2 fully saturated rings. The lowest BCUT2D eigenvalue weighted by Crippen LogP contribution is -2.98. The zero-order valence-corrected chi connectivity index (χ0v) is 9.05. The molecule has 0 aromatic carbocycles. The van der Waals surface area contributed by atoms with Crippen LogP contribution in [-0.4, -0.2) is 21.4 Å². The molecule has 2 saturated heterocycles. The molecule has 3 heteroatoms. The Kier molecular flexibility index (Phi) is 1.41. The Morgan fingerprint density at radius 3 is 2.08 bits per heavy atom. The topological polar surface area (TPSA) is 49.1 Å². The van der Waals surface area contributed by atoms with Gasteiger partial charge in [0, 0.05) is 6.92 Å². The number of piperidine rings is 1. The van der Waals surface area contributed by atoms with Crippen molar-refractivity contribution >= 4 is 0 Å². The van der Waals surface area contributed by atoms with Crippen molar-refractivity contribution in [3.8, 4) is 0 Å². The van der Waals surface area contributed by atoms with E-state index in [4.69, 9.17) is 5.73 Å². The van der Waals surface area contributed by atoms with E-state index in [2.05, 4.69) is 20.8 Å². The maximum Gasteiger partial charge on any atom is 0.154 e. The van der Waals surface area contributed by atoms with Gasteiger partial charge in [0.05, 0.1) is 12.8 Å². The van der Waals surface area contributed by atoms with Gasteiger partial charge >= 0.3 is 0 Å². The number of nitrogens with two attached hydrogens (primary N) is 1. The van der Waals surface area contributed by atoms with Gasteiger partial charge in [-0.15, -0.1) is 0 Å². The van der Waals surface area contributed by atoms with Crippen molar-refractivity contribution in [1.29, 1.82) is 0 Å². The van der Waals surface area contributed by atoms with Gasteiger partial charge in [-0.1, -0.05) is 6.92 Å². The highest BCUT2D eigenvalue weighted by atomic mass is 16.6. The monoisotopic (exact) mass is 184 g/mol. The van der Waals surface area contributed by atoms with Gasteiger partial charge in [-0.05, 0) is 20.3 Å². The van der Waals surface area contributed by atoms with Crippen LogP contribution >= 0.6 is 0 Å².